The van der Waals surface area contributed by atoms with Crippen molar-refractivity contribution in [3.05, 3.63) is 18.2 Å². The molecule has 20 heavy (non-hydrogen) atoms. The molecular formula is C17H28N2O. The second-order valence-corrected chi connectivity index (χ2v) is 6.09. The molecule has 2 atom stereocenters. The van der Waals surface area contributed by atoms with Crippen LogP contribution in [-0.4, -0.2) is 12.6 Å². The molecule has 0 bridgehead atoms. The largest absolute Gasteiger partial charge is 0.492 e. The van der Waals surface area contributed by atoms with E-state index in [9.17, 15) is 0 Å². The first-order chi connectivity index (χ1) is 9.63. The first-order valence-electron chi connectivity index (χ1n) is 7.91. The lowest BCUT2D eigenvalue weighted by Crippen LogP contribution is -2.35. The van der Waals surface area contributed by atoms with Crippen LogP contribution in [0.1, 0.15) is 46.5 Å². The fourth-order valence-electron chi connectivity index (χ4n) is 3.29. The minimum atomic E-state index is 0.530. The van der Waals surface area contributed by atoms with Crippen molar-refractivity contribution in [1.82, 2.24) is 0 Å². The topological polar surface area (TPSA) is 47.3 Å². The van der Waals surface area contributed by atoms with Crippen LogP contribution in [0.5, 0.6) is 5.75 Å². The van der Waals surface area contributed by atoms with E-state index in [0.717, 1.165) is 23.0 Å². The van der Waals surface area contributed by atoms with Crippen LogP contribution in [0.4, 0.5) is 11.4 Å². The van der Waals surface area contributed by atoms with Gasteiger partial charge >= 0.3 is 0 Å². The molecule has 1 fully saturated rings. The fourth-order valence-corrected chi connectivity index (χ4v) is 3.29. The molecule has 0 saturated heterocycles. The van der Waals surface area contributed by atoms with Crippen LogP contribution in [0.15, 0.2) is 18.2 Å². The maximum absolute atomic E-state index is 6.22. The van der Waals surface area contributed by atoms with Gasteiger partial charge in [0.05, 0.1) is 18.0 Å². The number of para-hydroxylation sites is 1. The molecule has 0 heterocycles. The van der Waals surface area contributed by atoms with E-state index < -0.39 is 0 Å². The molecule has 1 aliphatic rings. The lowest BCUT2D eigenvalue weighted by Gasteiger charge is -2.36. The molecule has 1 aliphatic carbocycles. The molecule has 0 amide bonds. The second-order valence-electron chi connectivity index (χ2n) is 6.09. The zero-order chi connectivity index (χ0) is 14.5. The van der Waals surface area contributed by atoms with Gasteiger partial charge in [-0.05, 0) is 43.7 Å². The van der Waals surface area contributed by atoms with Crippen molar-refractivity contribution in [2.45, 2.75) is 52.5 Å². The molecule has 1 aromatic carbocycles. The fraction of sp³-hybridized carbons (Fsp3) is 0.647. The third-order valence-corrected chi connectivity index (χ3v) is 4.38. The van der Waals surface area contributed by atoms with Crippen LogP contribution in [0.25, 0.3) is 0 Å². The standard InChI is InChI=1S/C17H28N2O/c1-4-20-16-11-7-10-15(17(16)18)19-14-9-6-5-8-13(14)12(2)3/h7,10-14,19H,4-6,8-9,18H2,1-3H3. The van der Waals surface area contributed by atoms with Gasteiger partial charge in [-0.25, -0.2) is 0 Å². The lowest BCUT2D eigenvalue weighted by atomic mass is 9.77. The predicted molar refractivity (Wildman–Crippen MR) is 86.2 cm³/mol. The summed E-state index contributed by atoms with van der Waals surface area (Å²) < 4.78 is 5.58. The van der Waals surface area contributed by atoms with Gasteiger partial charge in [0.1, 0.15) is 5.75 Å². The monoisotopic (exact) mass is 276 g/mol. The van der Waals surface area contributed by atoms with Crippen LogP contribution in [0.3, 0.4) is 0 Å². The lowest BCUT2D eigenvalue weighted by molar-refractivity contribution is 0.254. The maximum atomic E-state index is 6.22. The van der Waals surface area contributed by atoms with Crippen molar-refractivity contribution >= 4 is 11.4 Å². The van der Waals surface area contributed by atoms with Gasteiger partial charge in [-0.15, -0.1) is 0 Å². The van der Waals surface area contributed by atoms with Gasteiger partial charge < -0.3 is 15.8 Å². The van der Waals surface area contributed by atoms with Crippen LogP contribution in [0, 0.1) is 11.8 Å². The van der Waals surface area contributed by atoms with E-state index in [4.69, 9.17) is 10.5 Å². The van der Waals surface area contributed by atoms with Gasteiger partial charge in [0.15, 0.2) is 0 Å². The third-order valence-electron chi connectivity index (χ3n) is 4.38. The molecule has 2 unspecified atom stereocenters. The highest BCUT2D eigenvalue weighted by Gasteiger charge is 2.27. The smallest absolute Gasteiger partial charge is 0.144 e. The summed E-state index contributed by atoms with van der Waals surface area (Å²) in [6.07, 6.45) is 5.23. The van der Waals surface area contributed by atoms with E-state index >= 15 is 0 Å². The van der Waals surface area contributed by atoms with Crippen molar-refractivity contribution in [3.63, 3.8) is 0 Å². The normalized spacial score (nSPS) is 22.8. The molecule has 0 aliphatic heterocycles. The van der Waals surface area contributed by atoms with Gasteiger partial charge in [0.25, 0.3) is 0 Å². The number of benzene rings is 1. The van der Waals surface area contributed by atoms with Crippen LogP contribution in [-0.2, 0) is 0 Å². The zero-order valence-electron chi connectivity index (χ0n) is 13.0. The van der Waals surface area contributed by atoms with Gasteiger partial charge in [-0.3, -0.25) is 0 Å². The minimum absolute atomic E-state index is 0.530. The van der Waals surface area contributed by atoms with E-state index in [1.807, 2.05) is 19.1 Å². The van der Waals surface area contributed by atoms with Crippen LogP contribution < -0.4 is 15.8 Å². The van der Waals surface area contributed by atoms with E-state index in [-0.39, 0.29) is 0 Å². The Hall–Kier alpha value is -1.38. The van der Waals surface area contributed by atoms with Crippen molar-refractivity contribution in [2.24, 2.45) is 11.8 Å². The molecule has 3 N–H and O–H groups in total. The number of nitrogens with two attached hydrogens (primary N) is 1. The predicted octanol–water partition coefficient (Wildman–Crippen LogP) is 4.29. The van der Waals surface area contributed by atoms with E-state index in [1.165, 1.54) is 25.7 Å². The van der Waals surface area contributed by atoms with Crippen molar-refractivity contribution in [1.29, 1.82) is 0 Å². The van der Waals surface area contributed by atoms with Gasteiger partial charge in [0, 0.05) is 6.04 Å². The molecular weight excluding hydrogens is 248 g/mol. The summed E-state index contributed by atoms with van der Waals surface area (Å²) in [5.74, 6) is 2.23. The molecule has 3 heteroatoms. The maximum Gasteiger partial charge on any atom is 0.144 e. The number of rotatable bonds is 5. The van der Waals surface area contributed by atoms with Crippen molar-refractivity contribution in [3.8, 4) is 5.75 Å². The Morgan fingerprint density at radius 1 is 1.30 bits per heavy atom. The van der Waals surface area contributed by atoms with Crippen molar-refractivity contribution < 1.29 is 4.74 Å². The minimum Gasteiger partial charge on any atom is -0.492 e. The summed E-state index contributed by atoms with van der Waals surface area (Å²) in [6.45, 7) is 7.27. The highest BCUT2D eigenvalue weighted by molar-refractivity contribution is 5.73. The first kappa shape index (κ1) is 15.0. The highest BCUT2D eigenvalue weighted by atomic mass is 16.5. The average Bonchev–Trinajstić information content (AvgIpc) is 2.44. The van der Waals surface area contributed by atoms with Gasteiger partial charge in [-0.1, -0.05) is 32.8 Å². The number of nitrogen functional groups attached to an aromatic ring is 1. The SMILES string of the molecule is CCOc1cccc(NC2CCCCC2C(C)C)c1N. The number of hydrogen-bond acceptors (Lipinski definition) is 3. The average molecular weight is 276 g/mol. The highest BCUT2D eigenvalue weighted by Crippen LogP contribution is 2.35. The summed E-state index contributed by atoms with van der Waals surface area (Å²) in [4.78, 5) is 0. The summed E-state index contributed by atoms with van der Waals surface area (Å²) in [5.41, 5.74) is 7.98. The summed E-state index contributed by atoms with van der Waals surface area (Å²) in [7, 11) is 0. The Balaban J connectivity index is 2.13. The number of ether oxygens (including phenoxy) is 1. The Kier molecular flexibility index (Phi) is 5.16. The van der Waals surface area contributed by atoms with E-state index in [2.05, 4.69) is 25.2 Å². The Bertz CT molecular complexity index is 431. The Morgan fingerprint density at radius 3 is 2.75 bits per heavy atom. The van der Waals surface area contributed by atoms with Gasteiger partial charge in [0.2, 0.25) is 0 Å². The van der Waals surface area contributed by atoms with Crippen LogP contribution >= 0.6 is 0 Å². The Labute approximate surface area is 122 Å². The molecule has 1 aromatic rings. The summed E-state index contributed by atoms with van der Waals surface area (Å²) in [5, 5.41) is 3.67. The second kappa shape index (κ2) is 6.87. The number of hydrogen-bond donors (Lipinski definition) is 2. The van der Waals surface area contributed by atoms with Crippen LogP contribution in [0.2, 0.25) is 0 Å². The van der Waals surface area contributed by atoms with E-state index in [0.29, 0.717) is 18.6 Å². The first-order valence-corrected chi connectivity index (χ1v) is 7.91. The quantitative estimate of drug-likeness (QED) is 0.788. The Morgan fingerprint density at radius 2 is 2.05 bits per heavy atom. The molecule has 3 nitrogen and oxygen atoms in total. The van der Waals surface area contributed by atoms with E-state index in [1.54, 1.807) is 0 Å². The van der Waals surface area contributed by atoms with Crippen molar-refractivity contribution in [2.75, 3.05) is 17.7 Å². The van der Waals surface area contributed by atoms with Gasteiger partial charge in [-0.2, -0.15) is 0 Å². The molecule has 1 saturated carbocycles. The number of nitrogens with one attached hydrogen (secondary N) is 1. The number of anilines is 2. The summed E-state index contributed by atoms with van der Waals surface area (Å²) in [6, 6.07) is 6.54. The molecule has 2 rings (SSSR count). The molecule has 0 aromatic heterocycles. The molecule has 0 spiro atoms. The zero-order valence-corrected chi connectivity index (χ0v) is 13.0. The molecule has 112 valence electrons. The molecule has 0 radical (unpaired) electrons. The third kappa shape index (κ3) is 3.38. The summed E-state index contributed by atoms with van der Waals surface area (Å²) >= 11 is 0.